The number of aromatic amines is 1. The van der Waals surface area contributed by atoms with Crippen LogP contribution in [0.25, 0.3) is 22.0 Å². The van der Waals surface area contributed by atoms with E-state index in [2.05, 4.69) is 10.1 Å². The summed E-state index contributed by atoms with van der Waals surface area (Å²) in [6.07, 6.45) is 0.238. The van der Waals surface area contributed by atoms with Crippen molar-refractivity contribution in [1.29, 1.82) is 0 Å². The largest absolute Gasteiger partial charge is 0.321 e. The maximum atomic E-state index is 14.6. The van der Waals surface area contributed by atoms with Crippen molar-refractivity contribution in [2.45, 2.75) is 19.4 Å². The topological polar surface area (TPSA) is 65.5 Å². The highest BCUT2D eigenvalue weighted by Crippen LogP contribution is 2.37. The van der Waals surface area contributed by atoms with Gasteiger partial charge >= 0.3 is 0 Å². The van der Waals surface area contributed by atoms with Gasteiger partial charge in [0.05, 0.1) is 17.3 Å². The van der Waals surface area contributed by atoms with Gasteiger partial charge in [0.2, 0.25) is 5.91 Å². The molecule has 1 aliphatic rings. The number of nitrogens with zero attached hydrogens (tertiary/aromatic N) is 2. The molecule has 0 aliphatic carbocycles. The lowest BCUT2D eigenvalue weighted by Gasteiger charge is -2.20. The number of nitrogens with one attached hydrogen (secondary N) is 1. The number of rotatable bonds is 3. The third kappa shape index (κ3) is 3.30. The van der Waals surface area contributed by atoms with Crippen LogP contribution in [0.15, 0.2) is 88.8 Å². The van der Waals surface area contributed by atoms with Gasteiger partial charge in [0.1, 0.15) is 5.82 Å². The van der Waals surface area contributed by atoms with E-state index in [1.165, 1.54) is 18.0 Å². The van der Waals surface area contributed by atoms with Crippen molar-refractivity contribution < 1.29 is 9.18 Å². The Morgan fingerprint density at radius 1 is 0.969 bits per heavy atom. The Balaban J connectivity index is 1.74. The van der Waals surface area contributed by atoms with Crippen LogP contribution in [0.4, 0.5) is 4.39 Å². The van der Waals surface area contributed by atoms with E-state index in [0.29, 0.717) is 22.4 Å². The molecule has 0 saturated carbocycles. The second kappa shape index (κ2) is 7.89. The van der Waals surface area contributed by atoms with E-state index in [-0.39, 0.29) is 17.9 Å². The number of pyridine rings is 1. The van der Waals surface area contributed by atoms with Crippen LogP contribution in [0.2, 0.25) is 0 Å². The van der Waals surface area contributed by atoms with E-state index in [9.17, 15) is 14.0 Å². The van der Waals surface area contributed by atoms with Crippen molar-refractivity contribution in [2.75, 3.05) is 0 Å². The number of H-pyrrole nitrogens is 1. The molecule has 1 unspecified atom stereocenters. The summed E-state index contributed by atoms with van der Waals surface area (Å²) in [5.74, 6) is -0.720. The number of carbonyl (C=O) groups excluding carboxylic acids is 1. The molecule has 1 amide bonds. The lowest BCUT2D eigenvalue weighted by Crippen LogP contribution is -2.25. The molecule has 2 heterocycles. The summed E-state index contributed by atoms with van der Waals surface area (Å²) in [5.41, 5.74) is 3.28. The molecule has 0 fully saturated rings. The van der Waals surface area contributed by atoms with Crippen molar-refractivity contribution in [2.24, 2.45) is 5.10 Å². The average Bonchev–Trinajstić information content (AvgIpc) is 3.24. The minimum Gasteiger partial charge on any atom is -0.321 e. The first kappa shape index (κ1) is 19.9. The van der Waals surface area contributed by atoms with Crippen LogP contribution in [0.5, 0.6) is 0 Å². The van der Waals surface area contributed by atoms with Gasteiger partial charge in [-0.2, -0.15) is 5.10 Å². The van der Waals surface area contributed by atoms with Gasteiger partial charge in [0.25, 0.3) is 5.56 Å². The Morgan fingerprint density at radius 3 is 2.41 bits per heavy atom. The number of hydrogen-bond donors (Lipinski definition) is 1. The second-order valence-electron chi connectivity index (χ2n) is 7.77. The van der Waals surface area contributed by atoms with Crippen LogP contribution >= 0.6 is 0 Å². The van der Waals surface area contributed by atoms with Crippen LogP contribution in [-0.2, 0) is 4.79 Å². The third-order valence-corrected chi connectivity index (χ3v) is 5.77. The molecule has 4 aromatic rings. The van der Waals surface area contributed by atoms with Crippen molar-refractivity contribution in [3.8, 4) is 11.1 Å². The van der Waals surface area contributed by atoms with E-state index in [1.807, 2.05) is 54.6 Å². The average molecular weight is 425 g/mol. The molecule has 5 rings (SSSR count). The van der Waals surface area contributed by atoms with E-state index < -0.39 is 11.9 Å². The number of hydrogen-bond acceptors (Lipinski definition) is 3. The Labute approximate surface area is 183 Å². The maximum Gasteiger partial charge on any atom is 0.258 e. The Kier molecular flexibility index (Phi) is 4.90. The predicted molar refractivity (Wildman–Crippen MR) is 123 cm³/mol. The zero-order chi connectivity index (χ0) is 22.2. The minimum absolute atomic E-state index is 0.238. The SMILES string of the molecule is CC(=O)N1N=C(c2c(-c3ccccc3)c3ccccc3[nH]c2=O)CC1c1ccccc1F. The molecule has 3 aromatic carbocycles. The summed E-state index contributed by atoms with van der Waals surface area (Å²) >= 11 is 0. The fourth-order valence-electron chi connectivity index (χ4n) is 4.36. The van der Waals surface area contributed by atoms with Crippen LogP contribution < -0.4 is 5.56 Å². The van der Waals surface area contributed by atoms with E-state index in [1.54, 1.807) is 18.2 Å². The van der Waals surface area contributed by atoms with Crippen molar-refractivity contribution in [1.82, 2.24) is 9.99 Å². The standard InChI is InChI=1S/C26H20FN3O2/c1-16(31)30-23(18-11-5-7-13-20(18)27)15-22(29-30)25-24(17-9-3-2-4-10-17)19-12-6-8-14-21(19)28-26(25)32/h2-14,23H,15H2,1H3,(H,28,32). The van der Waals surface area contributed by atoms with E-state index in [4.69, 9.17) is 0 Å². The summed E-state index contributed by atoms with van der Waals surface area (Å²) in [6.45, 7) is 1.39. The molecule has 32 heavy (non-hydrogen) atoms. The highest BCUT2D eigenvalue weighted by molar-refractivity contribution is 6.12. The van der Waals surface area contributed by atoms with Crippen molar-refractivity contribution >= 4 is 22.5 Å². The first-order valence-electron chi connectivity index (χ1n) is 10.4. The lowest BCUT2D eigenvalue weighted by molar-refractivity contribution is -0.130. The van der Waals surface area contributed by atoms with Gasteiger partial charge in [0, 0.05) is 35.4 Å². The third-order valence-electron chi connectivity index (χ3n) is 5.77. The van der Waals surface area contributed by atoms with Gasteiger partial charge < -0.3 is 4.98 Å². The molecule has 0 saturated heterocycles. The smallest absolute Gasteiger partial charge is 0.258 e. The van der Waals surface area contributed by atoms with E-state index >= 15 is 0 Å². The normalized spacial score (nSPS) is 15.8. The summed E-state index contributed by atoms with van der Waals surface area (Å²) in [6, 6.07) is 22.9. The lowest BCUT2D eigenvalue weighted by atomic mass is 9.91. The predicted octanol–water partition coefficient (Wildman–Crippen LogP) is 5.03. The summed E-state index contributed by atoms with van der Waals surface area (Å²) in [7, 11) is 0. The van der Waals surface area contributed by atoms with Crippen LogP contribution in [-0.4, -0.2) is 21.6 Å². The molecule has 1 atom stereocenters. The maximum absolute atomic E-state index is 14.6. The molecule has 0 bridgehead atoms. The highest BCUT2D eigenvalue weighted by Gasteiger charge is 2.35. The molecular weight excluding hydrogens is 405 g/mol. The minimum atomic E-state index is -0.613. The van der Waals surface area contributed by atoms with Gasteiger partial charge in [-0.05, 0) is 17.7 Å². The molecule has 1 aliphatic heterocycles. The number of halogens is 1. The fraction of sp³-hybridized carbons (Fsp3) is 0.115. The number of carbonyl (C=O) groups is 1. The number of aromatic nitrogens is 1. The molecular formula is C26H20FN3O2. The molecule has 158 valence electrons. The molecule has 0 spiro atoms. The summed E-state index contributed by atoms with van der Waals surface area (Å²) < 4.78 is 14.6. The molecule has 1 N–H and O–H groups in total. The van der Waals surface area contributed by atoms with Crippen LogP contribution in [0, 0.1) is 5.82 Å². The Hall–Kier alpha value is -4.06. The molecule has 5 nitrogen and oxygen atoms in total. The fourth-order valence-corrected chi connectivity index (χ4v) is 4.36. The summed E-state index contributed by atoms with van der Waals surface area (Å²) in [4.78, 5) is 28.6. The number of para-hydroxylation sites is 1. The molecule has 6 heteroatoms. The second-order valence-corrected chi connectivity index (χ2v) is 7.77. The van der Waals surface area contributed by atoms with Crippen molar-refractivity contribution in [3.05, 3.63) is 106 Å². The van der Waals surface area contributed by atoms with Crippen molar-refractivity contribution in [3.63, 3.8) is 0 Å². The van der Waals surface area contributed by atoms with Crippen LogP contribution in [0.3, 0.4) is 0 Å². The number of amides is 1. The first-order valence-corrected chi connectivity index (χ1v) is 10.4. The van der Waals surface area contributed by atoms with Gasteiger partial charge in [-0.3, -0.25) is 9.59 Å². The quantitative estimate of drug-likeness (QED) is 0.500. The summed E-state index contributed by atoms with van der Waals surface area (Å²) in [5, 5.41) is 6.67. The van der Waals surface area contributed by atoms with Gasteiger partial charge in [0.15, 0.2) is 0 Å². The number of benzene rings is 3. The van der Waals surface area contributed by atoms with E-state index in [0.717, 1.165) is 16.5 Å². The monoisotopic (exact) mass is 425 g/mol. The Morgan fingerprint density at radius 2 is 1.66 bits per heavy atom. The highest BCUT2D eigenvalue weighted by atomic mass is 19.1. The zero-order valence-electron chi connectivity index (χ0n) is 17.4. The first-order chi connectivity index (χ1) is 15.5. The van der Waals surface area contributed by atoms with Gasteiger partial charge in [-0.1, -0.05) is 66.7 Å². The van der Waals surface area contributed by atoms with Gasteiger partial charge in [-0.15, -0.1) is 0 Å². The molecule has 0 radical (unpaired) electrons. The number of fused-ring (bicyclic) bond motifs is 1. The zero-order valence-corrected chi connectivity index (χ0v) is 17.4. The van der Waals surface area contributed by atoms with Gasteiger partial charge in [-0.25, -0.2) is 9.40 Å². The number of hydrazone groups is 1. The van der Waals surface area contributed by atoms with Crippen LogP contribution in [0.1, 0.15) is 30.5 Å². The Bertz CT molecular complexity index is 1430. The molecule has 1 aromatic heterocycles.